The first kappa shape index (κ1) is 13.4. The number of rotatable bonds is 3. The van der Waals surface area contributed by atoms with Crippen LogP contribution in [-0.2, 0) is 4.79 Å². The number of fused-ring (bicyclic) bond motifs is 1. The van der Waals surface area contributed by atoms with Crippen LogP contribution >= 0.6 is 0 Å². The van der Waals surface area contributed by atoms with E-state index in [1.165, 1.54) is 14.2 Å². The van der Waals surface area contributed by atoms with Crippen LogP contribution in [0.1, 0.15) is 41.1 Å². The summed E-state index contributed by atoms with van der Waals surface area (Å²) in [5, 5.41) is 9.30. The van der Waals surface area contributed by atoms with Gasteiger partial charge in [-0.05, 0) is 30.5 Å². The van der Waals surface area contributed by atoms with Crippen LogP contribution in [0.5, 0.6) is 11.5 Å². The summed E-state index contributed by atoms with van der Waals surface area (Å²) in [4.78, 5) is 23.4. The van der Waals surface area contributed by atoms with Crippen LogP contribution in [0.2, 0.25) is 0 Å². The van der Waals surface area contributed by atoms with Crippen molar-refractivity contribution in [2.24, 2.45) is 0 Å². The van der Waals surface area contributed by atoms with E-state index >= 15 is 0 Å². The smallest absolute Gasteiger partial charge is 0.310 e. The maximum Gasteiger partial charge on any atom is 0.310 e. The second-order valence-electron chi connectivity index (χ2n) is 4.50. The molecule has 5 heteroatoms. The third-order valence-electron chi connectivity index (χ3n) is 3.43. The number of methoxy groups -OCH3 is 2. The largest absolute Gasteiger partial charge is 0.493 e. The van der Waals surface area contributed by atoms with Crippen molar-refractivity contribution in [3.8, 4) is 11.5 Å². The van der Waals surface area contributed by atoms with E-state index in [1.54, 1.807) is 12.1 Å². The number of carbonyl (C=O) groups is 2. The van der Waals surface area contributed by atoms with Gasteiger partial charge in [-0.15, -0.1) is 0 Å². The zero-order valence-electron chi connectivity index (χ0n) is 10.9. The van der Waals surface area contributed by atoms with Crippen LogP contribution < -0.4 is 9.47 Å². The lowest BCUT2D eigenvalue weighted by Crippen LogP contribution is -2.13. The number of carboxylic acid groups (broad SMARTS) is 1. The van der Waals surface area contributed by atoms with Gasteiger partial charge in [0.1, 0.15) is 0 Å². The first-order chi connectivity index (χ1) is 9.08. The first-order valence-corrected chi connectivity index (χ1v) is 6.10. The standard InChI is InChI=1S/C14H16O5/c1-18-12-6-9-8(14(16)17)4-3-5-11(15)10(9)7-13(12)19-2/h6-8H,3-5H2,1-2H3,(H,16,17)/t8-/m1/s1. The Morgan fingerprint density at radius 2 is 1.89 bits per heavy atom. The molecular weight excluding hydrogens is 248 g/mol. The molecule has 0 radical (unpaired) electrons. The Morgan fingerprint density at radius 3 is 2.47 bits per heavy atom. The molecule has 1 atom stereocenters. The van der Waals surface area contributed by atoms with E-state index < -0.39 is 11.9 Å². The monoisotopic (exact) mass is 264 g/mol. The van der Waals surface area contributed by atoms with Crippen molar-refractivity contribution in [3.63, 3.8) is 0 Å². The lowest BCUT2D eigenvalue weighted by molar-refractivity contribution is -0.139. The lowest BCUT2D eigenvalue weighted by atomic mass is 9.92. The van der Waals surface area contributed by atoms with Gasteiger partial charge in [-0.2, -0.15) is 0 Å². The third-order valence-corrected chi connectivity index (χ3v) is 3.43. The van der Waals surface area contributed by atoms with E-state index in [0.29, 0.717) is 41.9 Å². The Labute approximate surface area is 111 Å². The van der Waals surface area contributed by atoms with Crippen LogP contribution in [0.15, 0.2) is 12.1 Å². The fourth-order valence-corrected chi connectivity index (χ4v) is 2.44. The van der Waals surface area contributed by atoms with Crippen molar-refractivity contribution in [1.82, 2.24) is 0 Å². The average molecular weight is 264 g/mol. The summed E-state index contributed by atoms with van der Waals surface area (Å²) in [5.41, 5.74) is 0.954. The molecule has 102 valence electrons. The van der Waals surface area contributed by atoms with Gasteiger partial charge in [0.25, 0.3) is 0 Å². The van der Waals surface area contributed by atoms with Crippen molar-refractivity contribution in [1.29, 1.82) is 0 Å². The molecule has 2 rings (SSSR count). The number of benzene rings is 1. The zero-order valence-corrected chi connectivity index (χ0v) is 10.9. The molecule has 0 heterocycles. The summed E-state index contributed by atoms with van der Waals surface area (Å²) < 4.78 is 10.3. The average Bonchev–Trinajstić information content (AvgIpc) is 2.56. The highest BCUT2D eigenvalue weighted by molar-refractivity contribution is 6.00. The Bertz CT molecular complexity index is 521. The number of aliphatic carboxylic acids is 1. The van der Waals surface area contributed by atoms with Gasteiger partial charge >= 0.3 is 5.97 Å². The van der Waals surface area contributed by atoms with E-state index in [4.69, 9.17) is 9.47 Å². The fraction of sp³-hybridized carbons (Fsp3) is 0.429. The fourth-order valence-electron chi connectivity index (χ4n) is 2.44. The maximum absolute atomic E-state index is 12.1. The molecule has 19 heavy (non-hydrogen) atoms. The number of ketones is 1. The molecule has 0 spiro atoms. The summed E-state index contributed by atoms with van der Waals surface area (Å²) in [5.74, 6) is -0.730. The second kappa shape index (κ2) is 5.30. The van der Waals surface area contributed by atoms with Crippen molar-refractivity contribution >= 4 is 11.8 Å². The minimum absolute atomic E-state index is 0.0419. The van der Waals surface area contributed by atoms with Crippen LogP contribution in [0.4, 0.5) is 0 Å². The number of carboxylic acids is 1. The van der Waals surface area contributed by atoms with Gasteiger partial charge in [0.2, 0.25) is 0 Å². The van der Waals surface area contributed by atoms with Crippen molar-refractivity contribution < 1.29 is 24.2 Å². The molecule has 1 aromatic carbocycles. The normalized spacial score (nSPS) is 18.4. The zero-order chi connectivity index (χ0) is 14.0. The topological polar surface area (TPSA) is 72.8 Å². The molecule has 1 aliphatic rings. The van der Waals surface area contributed by atoms with Gasteiger partial charge in [0, 0.05) is 12.0 Å². The van der Waals surface area contributed by atoms with E-state index in [9.17, 15) is 14.7 Å². The highest BCUT2D eigenvalue weighted by Gasteiger charge is 2.30. The Balaban J connectivity index is 2.63. The summed E-state index contributed by atoms with van der Waals surface area (Å²) >= 11 is 0. The molecule has 0 saturated heterocycles. The summed E-state index contributed by atoms with van der Waals surface area (Å²) in [6, 6.07) is 3.19. The van der Waals surface area contributed by atoms with E-state index in [-0.39, 0.29) is 5.78 Å². The van der Waals surface area contributed by atoms with E-state index in [1.807, 2.05) is 0 Å². The summed E-state index contributed by atoms with van der Waals surface area (Å²) in [7, 11) is 2.97. The third kappa shape index (κ3) is 2.41. The van der Waals surface area contributed by atoms with Crippen molar-refractivity contribution in [2.75, 3.05) is 14.2 Å². The van der Waals surface area contributed by atoms with Crippen molar-refractivity contribution in [2.45, 2.75) is 25.2 Å². The highest BCUT2D eigenvalue weighted by atomic mass is 16.5. The van der Waals surface area contributed by atoms with Gasteiger partial charge in [0.15, 0.2) is 17.3 Å². The summed E-state index contributed by atoms with van der Waals surface area (Å²) in [6.45, 7) is 0. The molecule has 0 bridgehead atoms. The predicted molar refractivity (Wildman–Crippen MR) is 68.1 cm³/mol. The molecule has 1 N–H and O–H groups in total. The predicted octanol–water partition coefficient (Wildman–Crippen LogP) is 2.24. The molecule has 0 unspecified atom stereocenters. The van der Waals surface area contributed by atoms with E-state index in [2.05, 4.69) is 0 Å². The second-order valence-corrected chi connectivity index (χ2v) is 4.50. The number of carbonyl (C=O) groups excluding carboxylic acids is 1. The molecule has 5 nitrogen and oxygen atoms in total. The Hall–Kier alpha value is -2.04. The Kier molecular flexibility index (Phi) is 3.74. The summed E-state index contributed by atoms with van der Waals surface area (Å²) in [6.07, 6.45) is 1.41. The van der Waals surface area contributed by atoms with Gasteiger partial charge in [0.05, 0.1) is 20.1 Å². The molecule has 1 aliphatic carbocycles. The van der Waals surface area contributed by atoms with Crippen molar-refractivity contribution in [3.05, 3.63) is 23.3 Å². The molecule has 0 fully saturated rings. The maximum atomic E-state index is 12.1. The molecule has 0 aliphatic heterocycles. The van der Waals surface area contributed by atoms with Gasteiger partial charge in [-0.25, -0.2) is 0 Å². The number of hydrogen-bond acceptors (Lipinski definition) is 4. The Morgan fingerprint density at radius 1 is 1.26 bits per heavy atom. The van der Waals surface area contributed by atoms with E-state index in [0.717, 1.165) is 0 Å². The molecular formula is C14H16O5. The molecule has 1 aromatic rings. The van der Waals surface area contributed by atoms with Crippen LogP contribution in [0.3, 0.4) is 0 Å². The van der Waals surface area contributed by atoms with Crippen LogP contribution in [-0.4, -0.2) is 31.1 Å². The lowest BCUT2D eigenvalue weighted by Gasteiger charge is -2.16. The minimum atomic E-state index is -0.914. The van der Waals surface area contributed by atoms with Gasteiger partial charge in [-0.3, -0.25) is 9.59 Å². The number of ether oxygens (including phenoxy) is 2. The number of hydrogen-bond donors (Lipinski definition) is 1. The SMILES string of the molecule is COc1cc2c(cc1OC)[C@H](C(=O)O)CCCC2=O. The minimum Gasteiger partial charge on any atom is -0.493 e. The van der Waals surface area contributed by atoms with Gasteiger partial charge < -0.3 is 14.6 Å². The number of Topliss-reactive ketones (excluding diaryl/α,β-unsaturated/α-hetero) is 1. The molecule has 0 saturated carbocycles. The molecule has 0 amide bonds. The first-order valence-electron chi connectivity index (χ1n) is 6.10. The quantitative estimate of drug-likeness (QED) is 0.847. The van der Waals surface area contributed by atoms with Crippen LogP contribution in [0, 0.1) is 0 Å². The molecule has 0 aromatic heterocycles. The van der Waals surface area contributed by atoms with Crippen LogP contribution in [0.25, 0.3) is 0 Å². The highest BCUT2D eigenvalue weighted by Crippen LogP contribution is 2.38. The van der Waals surface area contributed by atoms with Gasteiger partial charge in [-0.1, -0.05) is 0 Å².